The predicted octanol–water partition coefficient (Wildman–Crippen LogP) is 4.51. The van der Waals surface area contributed by atoms with Gasteiger partial charge in [0.1, 0.15) is 18.0 Å². The van der Waals surface area contributed by atoms with Crippen molar-refractivity contribution in [2.24, 2.45) is 5.92 Å². The summed E-state index contributed by atoms with van der Waals surface area (Å²) >= 11 is 5.90. The molecule has 2 aromatic carbocycles. The molecule has 0 spiro atoms. The Morgan fingerprint density at radius 3 is 2.61 bits per heavy atom. The minimum Gasteiger partial charge on any atom is -0.356 e. The summed E-state index contributed by atoms with van der Waals surface area (Å²) in [7, 11) is 0. The molecule has 1 aliphatic rings. The highest BCUT2D eigenvalue weighted by atomic mass is 35.5. The van der Waals surface area contributed by atoms with E-state index in [0.29, 0.717) is 17.3 Å². The number of carbonyl (C=O) groups is 1. The topological polar surface area (TPSA) is 58.1 Å². The number of rotatable bonds is 6. The summed E-state index contributed by atoms with van der Waals surface area (Å²) in [6.07, 6.45) is 3.83. The first-order chi connectivity index (χ1) is 15.1. The Bertz CT molecular complexity index is 1040. The van der Waals surface area contributed by atoms with E-state index in [1.807, 2.05) is 36.4 Å². The van der Waals surface area contributed by atoms with Crippen LogP contribution < -0.4 is 10.2 Å². The molecule has 0 atom stereocenters. The summed E-state index contributed by atoms with van der Waals surface area (Å²) in [6, 6.07) is 15.9. The van der Waals surface area contributed by atoms with Crippen LogP contribution in [0.3, 0.4) is 0 Å². The summed E-state index contributed by atoms with van der Waals surface area (Å²) in [5, 5.41) is 3.77. The van der Waals surface area contributed by atoms with Gasteiger partial charge in [0.2, 0.25) is 5.91 Å². The van der Waals surface area contributed by atoms with Gasteiger partial charge in [-0.2, -0.15) is 0 Å². The van der Waals surface area contributed by atoms with E-state index >= 15 is 0 Å². The second kappa shape index (κ2) is 9.88. The molecule has 1 saturated heterocycles. The van der Waals surface area contributed by atoms with Crippen molar-refractivity contribution >= 4 is 23.3 Å². The van der Waals surface area contributed by atoms with Crippen LogP contribution in [0, 0.1) is 11.7 Å². The van der Waals surface area contributed by atoms with Crippen molar-refractivity contribution in [3.63, 3.8) is 0 Å². The lowest BCUT2D eigenvalue weighted by Crippen LogP contribution is -2.41. The van der Waals surface area contributed by atoms with E-state index in [0.717, 1.165) is 49.3 Å². The van der Waals surface area contributed by atoms with Crippen LogP contribution in [0.5, 0.6) is 0 Å². The Hall–Kier alpha value is -2.99. The lowest BCUT2D eigenvalue weighted by atomic mass is 9.95. The number of piperidine rings is 1. The number of hydrogen-bond donors (Lipinski definition) is 1. The molecule has 1 aliphatic heterocycles. The summed E-state index contributed by atoms with van der Waals surface area (Å²) < 4.78 is 13.5. The Morgan fingerprint density at radius 2 is 1.87 bits per heavy atom. The maximum absolute atomic E-state index is 13.5. The van der Waals surface area contributed by atoms with Crippen LogP contribution in [0.15, 0.2) is 60.9 Å². The number of amides is 1. The van der Waals surface area contributed by atoms with Crippen LogP contribution in [0.1, 0.15) is 18.4 Å². The fourth-order valence-electron chi connectivity index (χ4n) is 3.82. The van der Waals surface area contributed by atoms with Crippen molar-refractivity contribution in [2.75, 3.05) is 24.5 Å². The molecular weight excluding hydrogens is 415 g/mol. The molecule has 1 fully saturated rings. The van der Waals surface area contributed by atoms with Crippen LogP contribution >= 0.6 is 11.6 Å². The van der Waals surface area contributed by atoms with Crippen molar-refractivity contribution in [3.8, 4) is 11.3 Å². The van der Waals surface area contributed by atoms with Crippen molar-refractivity contribution in [1.82, 2.24) is 15.3 Å². The Kier molecular flexibility index (Phi) is 6.77. The van der Waals surface area contributed by atoms with Crippen molar-refractivity contribution in [1.29, 1.82) is 0 Å². The van der Waals surface area contributed by atoms with Gasteiger partial charge in [-0.3, -0.25) is 4.79 Å². The van der Waals surface area contributed by atoms with Gasteiger partial charge in [-0.1, -0.05) is 35.9 Å². The highest BCUT2D eigenvalue weighted by Crippen LogP contribution is 2.25. The lowest BCUT2D eigenvalue weighted by Gasteiger charge is -2.32. The zero-order valence-electron chi connectivity index (χ0n) is 17.1. The number of nitrogens with zero attached hydrogens (tertiary/aromatic N) is 3. The van der Waals surface area contributed by atoms with Crippen LogP contribution in [0.2, 0.25) is 5.02 Å². The fourth-order valence-corrected chi connectivity index (χ4v) is 3.95. The van der Waals surface area contributed by atoms with Crippen LogP contribution in [0.4, 0.5) is 10.2 Å². The van der Waals surface area contributed by atoms with E-state index in [9.17, 15) is 9.18 Å². The first-order valence-electron chi connectivity index (χ1n) is 10.4. The molecule has 1 N–H and O–H groups in total. The average molecular weight is 439 g/mol. The first-order valence-corrected chi connectivity index (χ1v) is 10.8. The van der Waals surface area contributed by atoms with Crippen molar-refractivity contribution in [3.05, 3.63) is 77.3 Å². The minimum absolute atomic E-state index is 0.00555. The number of nitrogens with one attached hydrogen (secondary N) is 1. The van der Waals surface area contributed by atoms with E-state index in [2.05, 4.69) is 20.2 Å². The molecule has 3 aromatic rings. The predicted molar refractivity (Wildman–Crippen MR) is 121 cm³/mol. The Labute approximate surface area is 186 Å². The van der Waals surface area contributed by atoms with Crippen molar-refractivity contribution in [2.45, 2.75) is 19.3 Å². The van der Waals surface area contributed by atoms with Gasteiger partial charge < -0.3 is 10.2 Å². The second-order valence-electron chi connectivity index (χ2n) is 7.70. The van der Waals surface area contributed by atoms with Crippen LogP contribution in [0.25, 0.3) is 11.3 Å². The number of anilines is 1. The summed E-state index contributed by atoms with van der Waals surface area (Å²) in [5.74, 6) is 0.624. The molecule has 0 radical (unpaired) electrons. The van der Waals surface area contributed by atoms with Gasteiger partial charge in [-0.05, 0) is 49.1 Å². The molecule has 5 nitrogen and oxygen atoms in total. The van der Waals surface area contributed by atoms with Gasteiger partial charge in [-0.25, -0.2) is 14.4 Å². The third-order valence-corrected chi connectivity index (χ3v) is 5.84. The summed E-state index contributed by atoms with van der Waals surface area (Å²) in [5.41, 5.74) is 2.56. The maximum Gasteiger partial charge on any atom is 0.223 e. The largest absolute Gasteiger partial charge is 0.356 e. The highest BCUT2D eigenvalue weighted by molar-refractivity contribution is 6.30. The first kappa shape index (κ1) is 21.2. The zero-order valence-corrected chi connectivity index (χ0v) is 17.9. The van der Waals surface area contributed by atoms with Gasteiger partial charge in [0.25, 0.3) is 0 Å². The zero-order chi connectivity index (χ0) is 21.6. The lowest BCUT2D eigenvalue weighted by molar-refractivity contribution is -0.125. The van der Waals surface area contributed by atoms with E-state index in [4.69, 9.17) is 11.6 Å². The van der Waals surface area contributed by atoms with Crippen LogP contribution in [-0.2, 0) is 11.2 Å². The van der Waals surface area contributed by atoms with E-state index < -0.39 is 0 Å². The number of carbonyl (C=O) groups excluding carboxylic acids is 1. The molecule has 0 saturated carbocycles. The van der Waals surface area contributed by atoms with E-state index in [-0.39, 0.29) is 17.6 Å². The number of halogens is 2. The SMILES string of the molecule is O=C(NCCc1ccc(Cl)cc1)C1CCN(c2cc(-c3cccc(F)c3)ncn2)CC1. The van der Waals surface area contributed by atoms with Crippen LogP contribution in [-0.4, -0.2) is 35.5 Å². The number of hydrogen-bond acceptors (Lipinski definition) is 4. The maximum atomic E-state index is 13.5. The number of benzene rings is 2. The van der Waals surface area contributed by atoms with Crippen molar-refractivity contribution < 1.29 is 9.18 Å². The standard InChI is InChI=1S/C24H24ClFN4O/c25-20-6-4-17(5-7-20)8-11-27-24(31)18-9-12-30(13-10-18)23-15-22(28-16-29-23)19-2-1-3-21(26)14-19/h1-7,14-16,18H,8-13H2,(H,27,31). The van der Waals surface area contributed by atoms with Gasteiger partial charge in [-0.15, -0.1) is 0 Å². The second-order valence-corrected chi connectivity index (χ2v) is 8.14. The number of aromatic nitrogens is 2. The molecule has 1 amide bonds. The van der Waals surface area contributed by atoms with Gasteiger partial charge in [0.15, 0.2) is 0 Å². The van der Waals surface area contributed by atoms with Gasteiger partial charge in [0.05, 0.1) is 5.69 Å². The smallest absolute Gasteiger partial charge is 0.223 e. The Morgan fingerprint density at radius 1 is 1.10 bits per heavy atom. The molecule has 0 aliphatic carbocycles. The normalized spacial score (nSPS) is 14.5. The molecule has 160 valence electrons. The van der Waals surface area contributed by atoms with Gasteiger partial charge in [0, 0.05) is 42.2 Å². The summed E-state index contributed by atoms with van der Waals surface area (Å²) in [6.45, 7) is 2.10. The van der Waals surface area contributed by atoms with E-state index in [1.54, 1.807) is 6.07 Å². The molecule has 1 aromatic heterocycles. The minimum atomic E-state index is -0.291. The quantitative estimate of drug-likeness (QED) is 0.615. The monoisotopic (exact) mass is 438 g/mol. The molecule has 0 unspecified atom stereocenters. The van der Waals surface area contributed by atoms with Gasteiger partial charge >= 0.3 is 0 Å². The molecule has 7 heteroatoms. The summed E-state index contributed by atoms with van der Waals surface area (Å²) in [4.78, 5) is 23.4. The molecule has 0 bridgehead atoms. The Balaban J connectivity index is 1.29. The third-order valence-electron chi connectivity index (χ3n) is 5.59. The third kappa shape index (κ3) is 5.58. The fraction of sp³-hybridized carbons (Fsp3) is 0.292. The molecule has 2 heterocycles. The average Bonchev–Trinajstić information content (AvgIpc) is 2.80. The highest BCUT2D eigenvalue weighted by Gasteiger charge is 2.25. The van der Waals surface area contributed by atoms with E-state index in [1.165, 1.54) is 18.5 Å². The molecule has 31 heavy (non-hydrogen) atoms. The molecule has 4 rings (SSSR count). The molecular formula is C24H24ClFN4O.